The van der Waals surface area contributed by atoms with Gasteiger partial charge in [-0.1, -0.05) is 6.07 Å². The van der Waals surface area contributed by atoms with E-state index in [2.05, 4.69) is 16.0 Å². The predicted octanol–water partition coefficient (Wildman–Crippen LogP) is 3.42. The van der Waals surface area contributed by atoms with Gasteiger partial charge in [0.2, 0.25) is 0 Å². The van der Waals surface area contributed by atoms with Crippen LogP contribution in [0.4, 0.5) is 5.82 Å². The first kappa shape index (κ1) is 16.6. The Morgan fingerprint density at radius 1 is 1.32 bits per heavy atom. The quantitative estimate of drug-likeness (QED) is 0.726. The topological polar surface area (TPSA) is 102 Å². The maximum Gasteiger partial charge on any atom is 0.348 e. The molecular formula is C18H14N4O2S. The van der Waals surface area contributed by atoms with E-state index >= 15 is 0 Å². The number of nitrogens with zero attached hydrogens (tertiary/aromatic N) is 3. The average molecular weight is 350 g/mol. The van der Waals surface area contributed by atoms with Crippen LogP contribution in [0, 0.1) is 18.3 Å². The van der Waals surface area contributed by atoms with E-state index in [-0.39, 0.29) is 11.4 Å². The van der Waals surface area contributed by atoms with Gasteiger partial charge in [-0.3, -0.25) is 4.98 Å². The van der Waals surface area contributed by atoms with Gasteiger partial charge >= 0.3 is 5.97 Å². The molecule has 3 rings (SSSR count). The van der Waals surface area contributed by atoms with Gasteiger partial charge in [-0.2, -0.15) is 5.26 Å². The standard InChI is InChI=1S/C18H14N4O2S/c1-10-3-4-14(21-8-10)15-6-12(13(7-19)17(20)22-15)11-5-16(25-9-11)18(23)24-2/h3-6,8-9H,1-2H3,(H2,20,22). The summed E-state index contributed by atoms with van der Waals surface area (Å²) in [7, 11) is 1.33. The van der Waals surface area contributed by atoms with Gasteiger partial charge in [0, 0.05) is 11.8 Å². The fourth-order valence-electron chi connectivity index (χ4n) is 2.35. The number of carbonyl (C=O) groups excluding carboxylic acids is 1. The SMILES string of the molecule is COC(=O)c1cc(-c2cc(-c3ccc(C)cn3)nc(N)c2C#N)cs1. The molecule has 0 radical (unpaired) electrons. The molecule has 0 atom stereocenters. The summed E-state index contributed by atoms with van der Waals surface area (Å²) in [6.45, 7) is 1.95. The lowest BCUT2D eigenvalue weighted by Gasteiger charge is -2.08. The highest BCUT2D eigenvalue weighted by Crippen LogP contribution is 2.33. The zero-order valence-electron chi connectivity index (χ0n) is 13.6. The van der Waals surface area contributed by atoms with Gasteiger partial charge in [-0.15, -0.1) is 11.3 Å². The summed E-state index contributed by atoms with van der Waals surface area (Å²) in [6.07, 6.45) is 1.74. The molecule has 0 spiro atoms. The molecule has 0 aromatic carbocycles. The molecule has 0 aliphatic rings. The maximum atomic E-state index is 11.7. The number of methoxy groups -OCH3 is 1. The third kappa shape index (κ3) is 3.20. The zero-order valence-corrected chi connectivity index (χ0v) is 14.4. The normalized spacial score (nSPS) is 10.3. The molecule has 2 N–H and O–H groups in total. The third-order valence-corrected chi connectivity index (χ3v) is 4.54. The summed E-state index contributed by atoms with van der Waals surface area (Å²) < 4.78 is 4.73. The highest BCUT2D eigenvalue weighted by molar-refractivity contribution is 7.12. The van der Waals surface area contributed by atoms with Crippen molar-refractivity contribution in [2.24, 2.45) is 0 Å². The number of nitrogens with two attached hydrogens (primary N) is 1. The lowest BCUT2D eigenvalue weighted by Crippen LogP contribution is -2.00. The maximum absolute atomic E-state index is 11.7. The van der Waals surface area contributed by atoms with Crippen LogP contribution >= 0.6 is 11.3 Å². The van der Waals surface area contributed by atoms with Crippen molar-refractivity contribution >= 4 is 23.1 Å². The Morgan fingerprint density at radius 3 is 2.76 bits per heavy atom. The molecule has 0 bridgehead atoms. The highest BCUT2D eigenvalue weighted by atomic mass is 32.1. The minimum atomic E-state index is -0.419. The highest BCUT2D eigenvalue weighted by Gasteiger charge is 2.17. The van der Waals surface area contributed by atoms with Crippen molar-refractivity contribution in [3.8, 4) is 28.6 Å². The van der Waals surface area contributed by atoms with Gasteiger partial charge in [-0.05, 0) is 41.6 Å². The summed E-state index contributed by atoms with van der Waals surface area (Å²) in [5.74, 6) is -0.291. The molecule has 3 aromatic heterocycles. The van der Waals surface area contributed by atoms with Crippen LogP contribution < -0.4 is 5.73 Å². The Labute approximate surface area is 148 Å². The van der Waals surface area contributed by atoms with Gasteiger partial charge in [-0.25, -0.2) is 9.78 Å². The summed E-state index contributed by atoms with van der Waals surface area (Å²) in [6, 6.07) is 9.30. The number of hydrogen-bond acceptors (Lipinski definition) is 7. The van der Waals surface area contributed by atoms with Gasteiger partial charge in [0.25, 0.3) is 0 Å². The number of pyridine rings is 2. The van der Waals surface area contributed by atoms with Crippen LogP contribution in [0.3, 0.4) is 0 Å². The van der Waals surface area contributed by atoms with E-state index in [1.54, 1.807) is 23.7 Å². The zero-order chi connectivity index (χ0) is 18.0. The fourth-order valence-corrected chi connectivity index (χ4v) is 3.17. The Hall–Kier alpha value is -3.24. The minimum absolute atomic E-state index is 0.128. The van der Waals surface area contributed by atoms with E-state index in [1.165, 1.54) is 18.4 Å². The lowest BCUT2D eigenvalue weighted by atomic mass is 10.0. The molecule has 0 saturated heterocycles. The lowest BCUT2D eigenvalue weighted by molar-refractivity contribution is 0.0606. The Morgan fingerprint density at radius 2 is 2.12 bits per heavy atom. The molecule has 0 saturated carbocycles. The Balaban J connectivity index is 2.15. The minimum Gasteiger partial charge on any atom is -0.465 e. The van der Waals surface area contributed by atoms with Crippen LogP contribution in [-0.4, -0.2) is 23.0 Å². The van der Waals surface area contributed by atoms with Gasteiger partial charge in [0.05, 0.1) is 18.5 Å². The summed E-state index contributed by atoms with van der Waals surface area (Å²) in [4.78, 5) is 20.8. The molecule has 3 aromatic rings. The first-order chi connectivity index (χ1) is 12.0. The van der Waals surface area contributed by atoms with Crippen LogP contribution in [0.25, 0.3) is 22.5 Å². The van der Waals surface area contributed by atoms with Crippen LogP contribution in [0.2, 0.25) is 0 Å². The average Bonchev–Trinajstić information content (AvgIpc) is 3.11. The van der Waals surface area contributed by atoms with E-state index in [1.807, 2.05) is 19.1 Å². The van der Waals surface area contributed by atoms with Crippen LogP contribution in [0.5, 0.6) is 0 Å². The van der Waals surface area contributed by atoms with Gasteiger partial charge < -0.3 is 10.5 Å². The second-order valence-electron chi connectivity index (χ2n) is 5.34. The number of nitrogen functional groups attached to an aromatic ring is 1. The molecule has 0 aliphatic carbocycles. The van der Waals surface area contributed by atoms with Gasteiger partial charge in [0.15, 0.2) is 0 Å². The molecule has 0 fully saturated rings. The monoisotopic (exact) mass is 350 g/mol. The number of ether oxygens (including phenoxy) is 1. The fraction of sp³-hybridized carbons (Fsp3) is 0.111. The summed E-state index contributed by atoms with van der Waals surface area (Å²) >= 11 is 1.24. The number of aryl methyl sites for hydroxylation is 1. The molecule has 25 heavy (non-hydrogen) atoms. The molecule has 3 heterocycles. The van der Waals surface area contributed by atoms with E-state index in [4.69, 9.17) is 10.5 Å². The van der Waals surface area contributed by atoms with Gasteiger partial charge in [0.1, 0.15) is 22.3 Å². The number of rotatable bonds is 3. The largest absolute Gasteiger partial charge is 0.465 e. The molecule has 7 heteroatoms. The van der Waals surface area contributed by atoms with E-state index in [0.29, 0.717) is 27.4 Å². The van der Waals surface area contributed by atoms with Crippen molar-refractivity contribution < 1.29 is 9.53 Å². The first-order valence-corrected chi connectivity index (χ1v) is 8.22. The number of nitriles is 1. The second-order valence-corrected chi connectivity index (χ2v) is 6.25. The smallest absolute Gasteiger partial charge is 0.348 e. The molecule has 0 amide bonds. The molecule has 124 valence electrons. The van der Waals surface area contributed by atoms with E-state index in [9.17, 15) is 10.1 Å². The number of aromatic nitrogens is 2. The Bertz CT molecular complexity index is 987. The predicted molar refractivity (Wildman–Crippen MR) is 96.0 cm³/mol. The number of esters is 1. The van der Waals surface area contributed by atoms with E-state index < -0.39 is 5.97 Å². The molecule has 0 unspecified atom stereocenters. The van der Waals surface area contributed by atoms with Crippen molar-refractivity contribution in [2.75, 3.05) is 12.8 Å². The van der Waals surface area contributed by atoms with Crippen molar-refractivity contribution in [1.29, 1.82) is 5.26 Å². The van der Waals surface area contributed by atoms with Crippen molar-refractivity contribution in [3.05, 3.63) is 51.8 Å². The van der Waals surface area contributed by atoms with Crippen molar-refractivity contribution in [3.63, 3.8) is 0 Å². The first-order valence-electron chi connectivity index (χ1n) is 7.34. The number of hydrogen-bond donors (Lipinski definition) is 1. The third-order valence-electron chi connectivity index (χ3n) is 3.63. The molecule has 6 nitrogen and oxygen atoms in total. The van der Waals surface area contributed by atoms with Crippen molar-refractivity contribution in [1.82, 2.24) is 9.97 Å². The summed E-state index contributed by atoms with van der Waals surface area (Å²) in [5.41, 5.74) is 9.83. The number of anilines is 1. The number of thiophene rings is 1. The molecule has 0 aliphatic heterocycles. The van der Waals surface area contributed by atoms with Crippen LogP contribution in [0.1, 0.15) is 20.8 Å². The van der Waals surface area contributed by atoms with Crippen LogP contribution in [-0.2, 0) is 4.74 Å². The van der Waals surface area contributed by atoms with Crippen molar-refractivity contribution in [2.45, 2.75) is 6.92 Å². The second kappa shape index (κ2) is 6.71. The summed E-state index contributed by atoms with van der Waals surface area (Å²) in [5, 5.41) is 11.2. The van der Waals surface area contributed by atoms with Crippen LogP contribution in [0.15, 0.2) is 35.8 Å². The van der Waals surface area contributed by atoms with E-state index in [0.717, 1.165) is 5.56 Å². The molecular weight excluding hydrogens is 336 g/mol. The number of carbonyl (C=O) groups is 1. The Kier molecular flexibility index (Phi) is 4.46.